The van der Waals surface area contributed by atoms with Crippen molar-refractivity contribution in [2.24, 2.45) is 0 Å². The van der Waals surface area contributed by atoms with Crippen molar-refractivity contribution in [2.45, 2.75) is 11.5 Å². The number of aromatic amines is 1. The molecule has 0 saturated carbocycles. The summed E-state index contributed by atoms with van der Waals surface area (Å²) in [6.07, 6.45) is 1.21. The summed E-state index contributed by atoms with van der Waals surface area (Å²) in [5.74, 6) is 1.25. The second kappa shape index (κ2) is 7.30. The smallest absolute Gasteiger partial charge is 0.176 e. The number of rotatable bonds is 5. The number of halogens is 1. The number of imidazole rings is 1. The standard InChI is InChI=1S/C21H17ClN2O3S/c1-28(25,26)20-9-5-2-6-15(20)14-10-11-17-18(12-14)24-21(23-17)13-27-19-8-4-3-7-16(19)22/h2-12H,13H2,1H3,(H,23,24). The Balaban J connectivity index is 1.65. The molecule has 0 fully saturated rings. The van der Waals surface area contributed by atoms with Gasteiger partial charge in [0.05, 0.1) is 21.0 Å². The van der Waals surface area contributed by atoms with E-state index in [0.29, 0.717) is 27.1 Å². The van der Waals surface area contributed by atoms with Crippen LogP contribution in [0.25, 0.3) is 22.2 Å². The molecular formula is C21H17ClN2O3S. The summed E-state index contributed by atoms with van der Waals surface area (Å²) < 4.78 is 29.9. The van der Waals surface area contributed by atoms with E-state index in [1.807, 2.05) is 36.4 Å². The second-order valence-corrected chi connectivity index (χ2v) is 8.79. The zero-order valence-corrected chi connectivity index (χ0v) is 16.6. The van der Waals surface area contributed by atoms with Crippen LogP contribution in [0, 0.1) is 0 Å². The minimum atomic E-state index is -3.33. The first-order valence-electron chi connectivity index (χ1n) is 8.57. The summed E-state index contributed by atoms with van der Waals surface area (Å²) in [4.78, 5) is 8.05. The number of nitrogens with zero attached hydrogens (tertiary/aromatic N) is 1. The molecule has 0 bridgehead atoms. The molecule has 7 heteroatoms. The van der Waals surface area contributed by atoms with E-state index in [0.717, 1.165) is 16.6 Å². The van der Waals surface area contributed by atoms with Crippen molar-refractivity contribution in [3.8, 4) is 16.9 Å². The third kappa shape index (κ3) is 3.74. The molecule has 142 valence electrons. The fraction of sp³-hybridized carbons (Fsp3) is 0.0952. The lowest BCUT2D eigenvalue weighted by molar-refractivity contribution is 0.298. The van der Waals surface area contributed by atoms with E-state index in [-0.39, 0.29) is 6.61 Å². The maximum Gasteiger partial charge on any atom is 0.176 e. The fourth-order valence-electron chi connectivity index (χ4n) is 3.03. The number of para-hydroxylation sites is 1. The van der Waals surface area contributed by atoms with Gasteiger partial charge in [-0.1, -0.05) is 48.0 Å². The van der Waals surface area contributed by atoms with Crippen LogP contribution >= 0.6 is 11.6 Å². The van der Waals surface area contributed by atoms with E-state index in [1.54, 1.807) is 30.3 Å². The molecule has 0 unspecified atom stereocenters. The minimum Gasteiger partial charge on any atom is -0.484 e. The average molecular weight is 413 g/mol. The molecule has 0 aliphatic carbocycles. The number of aromatic nitrogens is 2. The zero-order valence-electron chi connectivity index (χ0n) is 15.0. The normalized spacial score (nSPS) is 11.6. The zero-order chi connectivity index (χ0) is 19.7. The van der Waals surface area contributed by atoms with Crippen molar-refractivity contribution in [1.82, 2.24) is 9.97 Å². The highest BCUT2D eigenvalue weighted by Gasteiger charge is 2.15. The first kappa shape index (κ1) is 18.5. The maximum absolute atomic E-state index is 12.1. The topological polar surface area (TPSA) is 72.1 Å². The van der Waals surface area contributed by atoms with Gasteiger partial charge in [-0.05, 0) is 35.9 Å². The summed E-state index contributed by atoms with van der Waals surface area (Å²) in [5, 5.41) is 0.540. The van der Waals surface area contributed by atoms with Gasteiger partial charge in [0.2, 0.25) is 0 Å². The first-order valence-corrected chi connectivity index (χ1v) is 10.8. The van der Waals surface area contributed by atoms with Gasteiger partial charge in [-0.15, -0.1) is 0 Å². The molecule has 28 heavy (non-hydrogen) atoms. The number of fused-ring (bicyclic) bond motifs is 1. The van der Waals surface area contributed by atoms with Crippen LogP contribution in [0.1, 0.15) is 5.82 Å². The van der Waals surface area contributed by atoms with Crippen molar-refractivity contribution in [3.05, 3.63) is 77.6 Å². The van der Waals surface area contributed by atoms with Gasteiger partial charge >= 0.3 is 0 Å². The first-order chi connectivity index (χ1) is 13.4. The molecule has 0 aliphatic rings. The lowest BCUT2D eigenvalue weighted by Crippen LogP contribution is -1.99. The van der Waals surface area contributed by atoms with E-state index < -0.39 is 9.84 Å². The number of hydrogen-bond donors (Lipinski definition) is 1. The molecule has 4 rings (SSSR count). The largest absolute Gasteiger partial charge is 0.484 e. The molecular weight excluding hydrogens is 396 g/mol. The Hall–Kier alpha value is -2.83. The Labute approximate surface area is 167 Å². The van der Waals surface area contributed by atoms with Crippen LogP contribution in [0.3, 0.4) is 0 Å². The van der Waals surface area contributed by atoms with E-state index in [2.05, 4.69) is 9.97 Å². The quantitative estimate of drug-likeness (QED) is 0.507. The predicted octanol–water partition coefficient (Wildman–Crippen LogP) is 4.87. The number of hydrogen-bond acceptors (Lipinski definition) is 4. The highest BCUT2D eigenvalue weighted by atomic mass is 35.5. The lowest BCUT2D eigenvalue weighted by Gasteiger charge is -2.07. The van der Waals surface area contributed by atoms with Crippen molar-refractivity contribution < 1.29 is 13.2 Å². The molecule has 4 aromatic rings. The van der Waals surface area contributed by atoms with Gasteiger partial charge in [-0.25, -0.2) is 13.4 Å². The number of sulfone groups is 1. The average Bonchev–Trinajstić information content (AvgIpc) is 3.09. The van der Waals surface area contributed by atoms with Crippen LogP contribution in [-0.2, 0) is 16.4 Å². The van der Waals surface area contributed by atoms with Gasteiger partial charge in [0, 0.05) is 11.8 Å². The third-order valence-corrected chi connectivity index (χ3v) is 5.80. The van der Waals surface area contributed by atoms with Crippen LogP contribution in [0.15, 0.2) is 71.6 Å². The summed E-state index contributed by atoms with van der Waals surface area (Å²) in [6, 6.07) is 19.8. The second-order valence-electron chi connectivity index (χ2n) is 6.40. The van der Waals surface area contributed by atoms with Gasteiger partial charge in [-0.3, -0.25) is 0 Å². The molecule has 3 aromatic carbocycles. The summed E-state index contributed by atoms with van der Waals surface area (Å²) in [7, 11) is -3.33. The van der Waals surface area contributed by atoms with Crippen LogP contribution in [0.5, 0.6) is 5.75 Å². The summed E-state index contributed by atoms with van der Waals surface area (Å²) >= 11 is 6.10. The Bertz CT molecular complexity index is 1270. The molecule has 0 aliphatic heterocycles. The highest BCUT2D eigenvalue weighted by molar-refractivity contribution is 7.90. The molecule has 1 aromatic heterocycles. The molecule has 0 amide bonds. The number of benzene rings is 3. The minimum absolute atomic E-state index is 0.244. The van der Waals surface area contributed by atoms with Gasteiger partial charge in [0.15, 0.2) is 9.84 Å². The van der Waals surface area contributed by atoms with Crippen LogP contribution in [0.4, 0.5) is 0 Å². The Morgan fingerprint density at radius 1 is 1.04 bits per heavy atom. The van der Waals surface area contributed by atoms with Gasteiger partial charge in [-0.2, -0.15) is 0 Å². The van der Waals surface area contributed by atoms with E-state index in [4.69, 9.17) is 16.3 Å². The maximum atomic E-state index is 12.1. The Kier molecular flexibility index (Phi) is 4.83. The number of ether oxygens (including phenoxy) is 1. The number of nitrogens with one attached hydrogen (secondary N) is 1. The predicted molar refractivity (Wildman–Crippen MR) is 110 cm³/mol. The molecule has 5 nitrogen and oxygen atoms in total. The van der Waals surface area contributed by atoms with Crippen molar-refractivity contribution >= 4 is 32.5 Å². The SMILES string of the molecule is CS(=O)(=O)c1ccccc1-c1ccc2nc(COc3ccccc3Cl)[nH]c2c1. The molecule has 0 spiro atoms. The van der Waals surface area contributed by atoms with Crippen LogP contribution in [0.2, 0.25) is 5.02 Å². The van der Waals surface area contributed by atoms with Crippen LogP contribution in [-0.4, -0.2) is 24.6 Å². The monoisotopic (exact) mass is 412 g/mol. The van der Waals surface area contributed by atoms with Crippen molar-refractivity contribution in [3.63, 3.8) is 0 Å². The summed E-state index contributed by atoms with van der Waals surface area (Å²) in [6.45, 7) is 0.244. The third-order valence-electron chi connectivity index (χ3n) is 4.33. The Morgan fingerprint density at radius 2 is 1.79 bits per heavy atom. The molecule has 1 N–H and O–H groups in total. The van der Waals surface area contributed by atoms with Crippen molar-refractivity contribution in [1.29, 1.82) is 0 Å². The molecule has 0 atom stereocenters. The van der Waals surface area contributed by atoms with Gasteiger partial charge in [0.1, 0.15) is 18.2 Å². The Morgan fingerprint density at radius 3 is 2.57 bits per heavy atom. The van der Waals surface area contributed by atoms with Gasteiger partial charge < -0.3 is 9.72 Å². The van der Waals surface area contributed by atoms with Crippen molar-refractivity contribution in [2.75, 3.05) is 6.26 Å². The number of H-pyrrole nitrogens is 1. The van der Waals surface area contributed by atoms with E-state index >= 15 is 0 Å². The molecule has 0 saturated heterocycles. The van der Waals surface area contributed by atoms with Gasteiger partial charge in [0.25, 0.3) is 0 Å². The molecule has 1 heterocycles. The van der Waals surface area contributed by atoms with E-state index in [1.165, 1.54) is 6.26 Å². The van der Waals surface area contributed by atoms with Crippen LogP contribution < -0.4 is 4.74 Å². The summed E-state index contributed by atoms with van der Waals surface area (Å²) in [5.41, 5.74) is 3.04. The van der Waals surface area contributed by atoms with E-state index in [9.17, 15) is 8.42 Å². The highest BCUT2D eigenvalue weighted by Crippen LogP contribution is 2.29. The molecule has 0 radical (unpaired) electrons. The fourth-order valence-corrected chi connectivity index (χ4v) is 4.14. The lowest BCUT2D eigenvalue weighted by atomic mass is 10.1.